The lowest BCUT2D eigenvalue weighted by Crippen LogP contribution is -2.42. The number of anilines is 1. The number of carbonyl (C=O) groups excluding carboxylic acids is 1. The number of rotatable bonds is 6. The van der Waals surface area contributed by atoms with Crippen LogP contribution in [0.3, 0.4) is 0 Å². The Morgan fingerprint density at radius 1 is 1.00 bits per heavy atom. The van der Waals surface area contributed by atoms with Crippen molar-refractivity contribution >= 4 is 40.8 Å². The maximum absolute atomic E-state index is 12.8. The summed E-state index contributed by atoms with van der Waals surface area (Å²) in [6.45, 7) is 1.93. The van der Waals surface area contributed by atoms with Gasteiger partial charge in [-0.25, -0.2) is 4.98 Å². The third-order valence-electron chi connectivity index (χ3n) is 5.37. The first-order chi connectivity index (χ1) is 15.0. The molecule has 1 saturated heterocycles. The number of hydrogen-bond donors (Lipinski definition) is 2. The van der Waals surface area contributed by atoms with Crippen molar-refractivity contribution in [3.05, 3.63) is 93.1 Å². The Hall–Kier alpha value is -2.89. The molecule has 3 aromatic rings. The van der Waals surface area contributed by atoms with E-state index in [1.165, 1.54) is 6.20 Å². The third kappa shape index (κ3) is 5.67. The van der Waals surface area contributed by atoms with Crippen LogP contribution < -0.4 is 5.32 Å². The van der Waals surface area contributed by atoms with Crippen molar-refractivity contribution in [1.82, 2.24) is 9.88 Å². The number of carbonyl (C=O) groups is 1. The van der Waals surface area contributed by atoms with E-state index in [0.29, 0.717) is 33.7 Å². The van der Waals surface area contributed by atoms with Gasteiger partial charge in [0.15, 0.2) is 0 Å². The molecule has 0 radical (unpaired) electrons. The molecule has 4 rings (SSSR count). The summed E-state index contributed by atoms with van der Waals surface area (Å²) in [5, 5.41) is 12.1. The standard InChI is InChI=1S/C24H22Cl2N4O.CH4/c25-19-9-8-17(21(14-19)24(31)29-22-11-10-20(26)15-28-22)5-2-16-3-6-18(7-4-16)23(27)30-12-1-13-30;/h3-4,6-11,14-15,27H,1-2,5,12-13H2,(H,28,29,31);1H4. The fourth-order valence-corrected chi connectivity index (χ4v) is 3.73. The van der Waals surface area contributed by atoms with Crippen molar-refractivity contribution in [3.8, 4) is 0 Å². The van der Waals surface area contributed by atoms with Crippen molar-refractivity contribution in [2.45, 2.75) is 26.7 Å². The second kappa shape index (κ2) is 10.6. The number of benzene rings is 2. The lowest BCUT2D eigenvalue weighted by molar-refractivity contribution is 0.102. The van der Waals surface area contributed by atoms with Gasteiger partial charge in [0.1, 0.15) is 11.7 Å². The summed E-state index contributed by atoms with van der Waals surface area (Å²) in [5.41, 5.74) is 3.53. The Kier molecular flexibility index (Phi) is 7.89. The van der Waals surface area contributed by atoms with Crippen LogP contribution in [0.4, 0.5) is 5.82 Å². The van der Waals surface area contributed by atoms with Crippen molar-refractivity contribution in [2.75, 3.05) is 18.4 Å². The van der Waals surface area contributed by atoms with E-state index in [1.54, 1.807) is 24.3 Å². The second-order valence-corrected chi connectivity index (χ2v) is 8.38. The van der Waals surface area contributed by atoms with Crippen LogP contribution in [0.1, 0.15) is 40.9 Å². The van der Waals surface area contributed by atoms with Gasteiger partial charge in [0.25, 0.3) is 5.91 Å². The number of nitrogens with zero attached hydrogens (tertiary/aromatic N) is 2. The summed E-state index contributed by atoms with van der Waals surface area (Å²) in [6.07, 6.45) is 4.11. The van der Waals surface area contributed by atoms with E-state index in [1.807, 2.05) is 18.2 Å². The number of aromatic nitrogens is 1. The van der Waals surface area contributed by atoms with Crippen molar-refractivity contribution in [1.29, 1.82) is 5.41 Å². The smallest absolute Gasteiger partial charge is 0.257 e. The van der Waals surface area contributed by atoms with Crippen LogP contribution in [-0.4, -0.2) is 34.7 Å². The average molecular weight is 469 g/mol. The molecular formula is C25H26Cl2N4O. The number of pyridine rings is 1. The minimum atomic E-state index is -0.259. The summed E-state index contributed by atoms with van der Waals surface area (Å²) in [6, 6.07) is 16.8. The summed E-state index contributed by atoms with van der Waals surface area (Å²) in [4.78, 5) is 19.0. The van der Waals surface area contributed by atoms with E-state index in [4.69, 9.17) is 28.6 Å². The fourth-order valence-electron chi connectivity index (χ4n) is 3.44. The number of amides is 1. The topological polar surface area (TPSA) is 69.1 Å². The molecule has 0 atom stereocenters. The van der Waals surface area contributed by atoms with Crippen molar-refractivity contribution in [2.24, 2.45) is 0 Å². The van der Waals surface area contributed by atoms with Crippen LogP contribution in [0, 0.1) is 5.41 Å². The predicted octanol–water partition coefficient (Wildman–Crippen LogP) is 6.09. The lowest BCUT2D eigenvalue weighted by atomic mass is 9.98. The fraction of sp³-hybridized carbons (Fsp3) is 0.240. The molecule has 32 heavy (non-hydrogen) atoms. The Bertz CT molecular complexity index is 1090. The number of aryl methyl sites for hydroxylation is 2. The molecule has 1 amide bonds. The largest absolute Gasteiger partial charge is 0.356 e. The highest BCUT2D eigenvalue weighted by atomic mass is 35.5. The molecule has 1 aliphatic heterocycles. The molecular weight excluding hydrogens is 443 g/mol. The second-order valence-electron chi connectivity index (χ2n) is 7.50. The first-order valence-corrected chi connectivity index (χ1v) is 10.9. The van der Waals surface area contributed by atoms with Crippen LogP contribution in [0.5, 0.6) is 0 Å². The molecule has 1 aliphatic rings. The molecule has 0 unspecified atom stereocenters. The average Bonchev–Trinajstić information content (AvgIpc) is 2.73. The Morgan fingerprint density at radius 3 is 2.34 bits per heavy atom. The van der Waals surface area contributed by atoms with Gasteiger partial charge in [-0.2, -0.15) is 0 Å². The van der Waals surface area contributed by atoms with Gasteiger partial charge in [-0.05, 0) is 54.7 Å². The summed E-state index contributed by atoms with van der Waals surface area (Å²) < 4.78 is 0. The van der Waals surface area contributed by atoms with E-state index in [2.05, 4.69) is 27.3 Å². The monoisotopic (exact) mass is 468 g/mol. The molecule has 1 fully saturated rings. The SMILES string of the molecule is C.N=C(c1ccc(CCc2ccc(Cl)cc2C(=O)Nc2ccc(Cl)cn2)cc1)N1CCC1. The highest BCUT2D eigenvalue weighted by Gasteiger charge is 2.18. The van der Waals surface area contributed by atoms with Gasteiger partial charge in [0.2, 0.25) is 0 Å². The molecule has 2 heterocycles. The van der Waals surface area contributed by atoms with Crippen LogP contribution in [0.25, 0.3) is 0 Å². The lowest BCUT2D eigenvalue weighted by Gasteiger charge is -2.33. The highest BCUT2D eigenvalue weighted by molar-refractivity contribution is 6.31. The number of amidine groups is 1. The Labute approximate surface area is 198 Å². The zero-order valence-electron chi connectivity index (χ0n) is 16.9. The number of hydrogen-bond acceptors (Lipinski definition) is 3. The molecule has 166 valence electrons. The van der Waals surface area contributed by atoms with E-state index in [9.17, 15) is 4.79 Å². The number of nitrogens with one attached hydrogen (secondary N) is 2. The summed E-state index contributed by atoms with van der Waals surface area (Å²) in [7, 11) is 0. The van der Waals surface area contributed by atoms with Crippen LogP contribution in [-0.2, 0) is 12.8 Å². The highest BCUT2D eigenvalue weighted by Crippen LogP contribution is 2.21. The number of halogens is 2. The first-order valence-electron chi connectivity index (χ1n) is 10.1. The van der Waals surface area contributed by atoms with E-state index < -0.39 is 0 Å². The molecule has 0 spiro atoms. The maximum Gasteiger partial charge on any atom is 0.257 e. The van der Waals surface area contributed by atoms with Crippen LogP contribution in [0.2, 0.25) is 10.0 Å². The van der Waals surface area contributed by atoms with Gasteiger partial charge in [-0.3, -0.25) is 10.2 Å². The summed E-state index contributed by atoms with van der Waals surface area (Å²) >= 11 is 12.0. The van der Waals surface area contributed by atoms with E-state index in [0.717, 1.165) is 42.6 Å². The minimum absolute atomic E-state index is 0. The van der Waals surface area contributed by atoms with Gasteiger partial charge >= 0.3 is 0 Å². The molecule has 0 saturated carbocycles. The zero-order valence-corrected chi connectivity index (χ0v) is 18.4. The van der Waals surface area contributed by atoms with E-state index >= 15 is 0 Å². The maximum atomic E-state index is 12.8. The van der Waals surface area contributed by atoms with Gasteiger partial charge in [0.05, 0.1) is 5.02 Å². The van der Waals surface area contributed by atoms with Gasteiger partial charge in [-0.1, -0.05) is 61.0 Å². The molecule has 2 N–H and O–H groups in total. The zero-order chi connectivity index (χ0) is 21.8. The number of likely N-dealkylation sites (tertiary alicyclic amines) is 1. The van der Waals surface area contributed by atoms with E-state index in [-0.39, 0.29) is 13.3 Å². The van der Waals surface area contributed by atoms with Gasteiger partial charge < -0.3 is 10.2 Å². The Morgan fingerprint density at radius 2 is 1.72 bits per heavy atom. The van der Waals surface area contributed by atoms with Crippen molar-refractivity contribution < 1.29 is 4.79 Å². The van der Waals surface area contributed by atoms with Crippen molar-refractivity contribution in [3.63, 3.8) is 0 Å². The molecule has 7 heteroatoms. The van der Waals surface area contributed by atoms with Gasteiger partial charge in [-0.15, -0.1) is 0 Å². The molecule has 0 aliphatic carbocycles. The van der Waals surface area contributed by atoms with Crippen LogP contribution in [0.15, 0.2) is 60.8 Å². The molecule has 2 aromatic carbocycles. The van der Waals surface area contributed by atoms with Crippen LogP contribution >= 0.6 is 23.2 Å². The predicted molar refractivity (Wildman–Crippen MR) is 132 cm³/mol. The minimum Gasteiger partial charge on any atom is -0.356 e. The molecule has 0 bridgehead atoms. The quantitative estimate of drug-likeness (QED) is 0.339. The molecule has 1 aromatic heterocycles. The Balaban J connectivity index is 0.00000289. The van der Waals surface area contributed by atoms with Gasteiger partial charge in [0, 0.05) is 35.4 Å². The normalized spacial score (nSPS) is 12.5. The first kappa shape index (κ1) is 23.8. The third-order valence-corrected chi connectivity index (χ3v) is 5.83. The molecule has 5 nitrogen and oxygen atoms in total. The summed E-state index contributed by atoms with van der Waals surface area (Å²) in [5.74, 6) is 0.761.